The number of hydrogen-bond donors (Lipinski definition) is 1. The first-order valence-electron chi connectivity index (χ1n) is 7.30. The molecule has 2 saturated heterocycles. The highest BCUT2D eigenvalue weighted by Crippen LogP contribution is 2.35. The number of nitrogens with zero attached hydrogens (tertiary/aromatic N) is 2. The molecule has 0 aromatic heterocycles. The van der Waals surface area contributed by atoms with Crippen molar-refractivity contribution in [2.75, 3.05) is 13.2 Å². The maximum atomic E-state index is 12.5. The lowest BCUT2D eigenvalue weighted by Crippen LogP contribution is -2.35. The summed E-state index contributed by atoms with van der Waals surface area (Å²) in [4.78, 5) is 24.6. The van der Waals surface area contributed by atoms with E-state index >= 15 is 0 Å². The number of thiocarbonyl (C=S) groups is 1. The van der Waals surface area contributed by atoms with Gasteiger partial charge in [-0.1, -0.05) is 30.0 Å². The molecule has 0 saturated carbocycles. The van der Waals surface area contributed by atoms with Gasteiger partial charge in [0.1, 0.15) is 4.32 Å². The van der Waals surface area contributed by atoms with Gasteiger partial charge in [0, 0.05) is 12.7 Å². The molecule has 1 aromatic rings. The first-order chi connectivity index (χ1) is 11.5. The van der Waals surface area contributed by atoms with Gasteiger partial charge in [0.05, 0.1) is 22.5 Å². The first-order valence-corrected chi connectivity index (χ1v) is 8.52. The fraction of sp³-hybridized carbons (Fsp3) is 0.333. The van der Waals surface area contributed by atoms with Gasteiger partial charge in [-0.3, -0.25) is 19.8 Å². The fourth-order valence-corrected chi connectivity index (χ4v) is 3.85. The number of thioether (sulfide) groups is 1. The standard InChI is InChI=1S/C15H14N2O5S2/c18-12-4-3-9(6-11(12)17(20)21)7-13-14(19)16(15(23)24-13)8-10-2-1-5-22-10/h3-4,6-7,10,18H,1-2,5,8H2/b13-7-/t10-/m1/s1. The minimum Gasteiger partial charge on any atom is -0.502 e. The van der Waals surface area contributed by atoms with Crippen LogP contribution in [-0.2, 0) is 9.53 Å². The molecule has 2 fully saturated rings. The number of carbonyl (C=O) groups excluding carboxylic acids is 1. The second-order valence-electron chi connectivity index (χ2n) is 5.43. The van der Waals surface area contributed by atoms with Crippen molar-refractivity contribution in [3.05, 3.63) is 38.8 Å². The van der Waals surface area contributed by atoms with Crippen LogP contribution in [0.3, 0.4) is 0 Å². The van der Waals surface area contributed by atoms with Crippen LogP contribution in [0.2, 0.25) is 0 Å². The molecule has 7 nitrogen and oxygen atoms in total. The van der Waals surface area contributed by atoms with Crippen LogP contribution in [0.5, 0.6) is 5.75 Å². The molecule has 1 amide bonds. The summed E-state index contributed by atoms with van der Waals surface area (Å²) >= 11 is 6.42. The molecule has 126 valence electrons. The SMILES string of the molecule is O=C1/C(=C/c2ccc(O)c([N+](=O)[O-])c2)SC(=S)N1C[C@H]1CCCO1. The maximum absolute atomic E-state index is 12.5. The molecule has 1 aromatic carbocycles. The molecule has 0 unspecified atom stereocenters. The Labute approximate surface area is 147 Å². The number of benzene rings is 1. The number of ether oxygens (including phenoxy) is 1. The number of nitro groups is 1. The Kier molecular flexibility index (Phi) is 4.83. The predicted octanol–water partition coefficient (Wildman–Crippen LogP) is 2.68. The zero-order valence-corrected chi connectivity index (χ0v) is 14.1. The van der Waals surface area contributed by atoms with E-state index in [1.165, 1.54) is 23.1 Å². The smallest absolute Gasteiger partial charge is 0.311 e. The predicted molar refractivity (Wildman–Crippen MR) is 93.6 cm³/mol. The molecule has 1 N–H and O–H groups in total. The van der Waals surface area contributed by atoms with E-state index in [2.05, 4.69) is 0 Å². The maximum Gasteiger partial charge on any atom is 0.311 e. The number of rotatable bonds is 4. The Bertz CT molecular complexity index is 743. The van der Waals surface area contributed by atoms with E-state index in [0.29, 0.717) is 27.9 Å². The quantitative estimate of drug-likeness (QED) is 0.379. The van der Waals surface area contributed by atoms with Gasteiger partial charge in [-0.15, -0.1) is 0 Å². The summed E-state index contributed by atoms with van der Waals surface area (Å²) in [5.41, 5.74) is 0.0516. The van der Waals surface area contributed by atoms with Crippen molar-refractivity contribution in [2.24, 2.45) is 0 Å². The van der Waals surface area contributed by atoms with Gasteiger partial charge < -0.3 is 9.84 Å². The summed E-state index contributed by atoms with van der Waals surface area (Å²) in [5.74, 6) is -0.640. The van der Waals surface area contributed by atoms with E-state index in [9.17, 15) is 20.0 Å². The molecule has 9 heteroatoms. The van der Waals surface area contributed by atoms with Gasteiger partial charge in [0.2, 0.25) is 0 Å². The van der Waals surface area contributed by atoms with Crippen LogP contribution in [0.1, 0.15) is 18.4 Å². The molecular formula is C15H14N2O5S2. The number of aromatic hydroxyl groups is 1. The summed E-state index contributed by atoms with van der Waals surface area (Å²) in [5, 5.41) is 20.4. The third kappa shape index (κ3) is 3.42. The molecule has 24 heavy (non-hydrogen) atoms. The van der Waals surface area contributed by atoms with Crippen LogP contribution >= 0.6 is 24.0 Å². The molecule has 3 rings (SSSR count). The Morgan fingerprint density at radius 3 is 3.00 bits per heavy atom. The molecule has 0 bridgehead atoms. The fourth-order valence-electron chi connectivity index (χ4n) is 2.58. The second-order valence-corrected chi connectivity index (χ2v) is 7.11. The lowest BCUT2D eigenvalue weighted by atomic mass is 10.1. The Morgan fingerprint density at radius 1 is 1.54 bits per heavy atom. The van der Waals surface area contributed by atoms with E-state index in [-0.39, 0.29) is 12.0 Å². The van der Waals surface area contributed by atoms with Gasteiger partial charge in [0.15, 0.2) is 5.75 Å². The van der Waals surface area contributed by atoms with Crippen LogP contribution in [0.4, 0.5) is 5.69 Å². The number of hydrogen-bond acceptors (Lipinski definition) is 7. The monoisotopic (exact) mass is 366 g/mol. The zero-order chi connectivity index (χ0) is 17.3. The minimum atomic E-state index is -0.671. The number of phenols is 1. The van der Waals surface area contributed by atoms with Gasteiger partial charge in [-0.05, 0) is 30.5 Å². The molecule has 2 aliphatic rings. The van der Waals surface area contributed by atoms with Crippen LogP contribution in [-0.4, -0.2) is 44.4 Å². The summed E-state index contributed by atoms with van der Waals surface area (Å²) in [6.45, 7) is 1.13. The van der Waals surface area contributed by atoms with E-state index in [1.54, 1.807) is 6.08 Å². The Hall–Kier alpha value is -1.97. The van der Waals surface area contributed by atoms with Crippen LogP contribution < -0.4 is 0 Å². The number of phenolic OH excluding ortho intramolecular Hbond substituents is 1. The number of amides is 1. The summed E-state index contributed by atoms with van der Waals surface area (Å²) < 4.78 is 5.99. The van der Waals surface area contributed by atoms with Gasteiger partial charge >= 0.3 is 5.69 Å². The van der Waals surface area contributed by atoms with Crippen molar-refractivity contribution >= 4 is 46.0 Å². The van der Waals surface area contributed by atoms with Gasteiger partial charge in [0.25, 0.3) is 5.91 Å². The molecule has 2 heterocycles. The van der Waals surface area contributed by atoms with Crippen molar-refractivity contribution < 1.29 is 19.6 Å². The highest BCUT2D eigenvalue weighted by atomic mass is 32.2. The summed E-state index contributed by atoms with van der Waals surface area (Å²) in [6.07, 6.45) is 3.43. The summed E-state index contributed by atoms with van der Waals surface area (Å²) in [7, 11) is 0. The van der Waals surface area contributed by atoms with Crippen molar-refractivity contribution in [3.63, 3.8) is 0 Å². The topological polar surface area (TPSA) is 92.9 Å². The highest BCUT2D eigenvalue weighted by Gasteiger charge is 2.34. The van der Waals surface area contributed by atoms with Crippen LogP contribution in [0, 0.1) is 10.1 Å². The minimum absolute atomic E-state index is 0.00149. The summed E-state index contributed by atoms with van der Waals surface area (Å²) in [6, 6.07) is 3.97. The van der Waals surface area contributed by atoms with E-state index < -0.39 is 16.4 Å². The second kappa shape index (κ2) is 6.88. The highest BCUT2D eigenvalue weighted by molar-refractivity contribution is 8.26. The Balaban J connectivity index is 1.81. The van der Waals surface area contributed by atoms with Crippen molar-refractivity contribution in [1.82, 2.24) is 4.90 Å². The number of carbonyl (C=O) groups is 1. The first kappa shape index (κ1) is 16.9. The van der Waals surface area contributed by atoms with E-state index in [1.807, 2.05) is 0 Å². The average molecular weight is 366 g/mol. The zero-order valence-electron chi connectivity index (χ0n) is 12.5. The largest absolute Gasteiger partial charge is 0.502 e. The third-order valence-electron chi connectivity index (χ3n) is 3.78. The molecule has 0 aliphatic carbocycles. The Morgan fingerprint density at radius 2 is 2.33 bits per heavy atom. The molecule has 0 radical (unpaired) electrons. The molecular weight excluding hydrogens is 352 g/mol. The van der Waals surface area contributed by atoms with Crippen molar-refractivity contribution in [2.45, 2.75) is 18.9 Å². The van der Waals surface area contributed by atoms with Gasteiger partial charge in [-0.2, -0.15) is 0 Å². The van der Waals surface area contributed by atoms with Crippen LogP contribution in [0.15, 0.2) is 23.1 Å². The number of nitro benzene ring substituents is 1. The lowest BCUT2D eigenvalue weighted by Gasteiger charge is -2.18. The van der Waals surface area contributed by atoms with Crippen LogP contribution in [0.25, 0.3) is 6.08 Å². The average Bonchev–Trinajstić information content (AvgIpc) is 3.13. The molecule has 0 spiro atoms. The molecule has 1 atom stereocenters. The molecule has 2 aliphatic heterocycles. The van der Waals surface area contributed by atoms with E-state index in [4.69, 9.17) is 17.0 Å². The normalized spacial score (nSPS) is 22.6. The lowest BCUT2D eigenvalue weighted by molar-refractivity contribution is -0.385. The van der Waals surface area contributed by atoms with Crippen molar-refractivity contribution in [1.29, 1.82) is 0 Å². The van der Waals surface area contributed by atoms with E-state index in [0.717, 1.165) is 24.6 Å². The van der Waals surface area contributed by atoms with Crippen molar-refractivity contribution in [3.8, 4) is 5.75 Å². The third-order valence-corrected chi connectivity index (χ3v) is 5.16. The van der Waals surface area contributed by atoms with Gasteiger partial charge in [-0.25, -0.2) is 0 Å².